The molecule has 4 aliphatic heterocycles. The normalized spacial score (nSPS) is 23.4. The summed E-state index contributed by atoms with van der Waals surface area (Å²) in [6.07, 6.45) is 1.81. The van der Waals surface area contributed by atoms with Gasteiger partial charge in [-0.25, -0.2) is 9.97 Å². The number of para-hydroxylation sites is 1. The average molecular weight is 398 g/mol. The zero-order valence-electron chi connectivity index (χ0n) is 15.1. The molecule has 1 saturated heterocycles. The van der Waals surface area contributed by atoms with Crippen molar-refractivity contribution in [2.75, 3.05) is 23.6 Å². The van der Waals surface area contributed by atoms with Crippen molar-refractivity contribution in [3.05, 3.63) is 47.1 Å². The summed E-state index contributed by atoms with van der Waals surface area (Å²) >= 11 is 6.38. The first kappa shape index (κ1) is 17.2. The monoisotopic (exact) mass is 397 g/mol. The smallest absolute Gasteiger partial charge is 0.275 e. The molecule has 0 amide bonds. The molecule has 2 atom stereocenters. The van der Waals surface area contributed by atoms with Gasteiger partial charge in [0.1, 0.15) is 30.9 Å². The van der Waals surface area contributed by atoms with Crippen molar-refractivity contribution in [1.29, 1.82) is 0 Å². The molecular formula is C18H18ClN8O+. The van der Waals surface area contributed by atoms with Crippen LogP contribution >= 0.6 is 11.6 Å². The third-order valence-corrected chi connectivity index (χ3v) is 5.42. The van der Waals surface area contributed by atoms with Gasteiger partial charge in [-0.1, -0.05) is 23.7 Å². The molecule has 7 rings (SSSR count). The number of fused-ring (bicyclic) bond motifs is 2. The van der Waals surface area contributed by atoms with Crippen LogP contribution in [0.5, 0.6) is 0 Å². The van der Waals surface area contributed by atoms with E-state index >= 15 is 0 Å². The highest BCUT2D eigenvalue weighted by molar-refractivity contribution is 6.33. The van der Waals surface area contributed by atoms with Crippen LogP contribution in [-0.2, 0) is 0 Å². The lowest BCUT2D eigenvalue weighted by Gasteiger charge is -2.26. The van der Waals surface area contributed by atoms with Gasteiger partial charge < -0.3 is 5.11 Å². The number of rotatable bonds is 2. The minimum Gasteiger partial charge on any atom is -0.387 e. The Hall–Kier alpha value is -2.88. The Morgan fingerprint density at radius 1 is 1.25 bits per heavy atom. The standard InChI is InChI=1S/C18H18ClN8O/c1-11-3-2-4-13(19)17(11)23-26-15-6-5-14-18(22-15)20-9-16(21-14)27(25-24-26)8-7-12(28)10-27/h2-6,9,12,23,28H,7-8,10H2,1H3/q+1. The predicted molar refractivity (Wildman–Crippen MR) is 107 cm³/mol. The number of aryl methyl sites for hydroxylation is 1. The molecule has 1 spiro atoms. The summed E-state index contributed by atoms with van der Waals surface area (Å²) in [6, 6.07) is 9.30. The highest BCUT2D eigenvalue weighted by Crippen LogP contribution is 2.33. The van der Waals surface area contributed by atoms with Gasteiger partial charge in [-0.3, -0.25) is 5.43 Å². The fourth-order valence-corrected chi connectivity index (χ4v) is 3.82. The zero-order valence-corrected chi connectivity index (χ0v) is 15.9. The molecule has 9 nitrogen and oxygen atoms in total. The van der Waals surface area contributed by atoms with Gasteiger partial charge >= 0.3 is 0 Å². The molecule has 2 aromatic heterocycles. The van der Waals surface area contributed by atoms with Crippen LogP contribution in [0.4, 0.5) is 17.3 Å². The first-order valence-corrected chi connectivity index (χ1v) is 9.36. The van der Waals surface area contributed by atoms with E-state index in [1.165, 1.54) is 5.12 Å². The number of benzene rings is 1. The number of halogens is 1. The summed E-state index contributed by atoms with van der Waals surface area (Å²) < 4.78 is 0.0856. The maximum atomic E-state index is 10.2. The first-order valence-electron chi connectivity index (χ1n) is 8.99. The fourth-order valence-electron chi connectivity index (χ4n) is 3.55. The van der Waals surface area contributed by atoms with Crippen LogP contribution < -0.4 is 15.1 Å². The number of nitrogens with zero attached hydrogens (tertiary/aromatic N) is 7. The number of anilines is 2. The van der Waals surface area contributed by atoms with E-state index in [1.54, 1.807) is 18.3 Å². The fraction of sp³-hybridized carbons (Fsp3) is 0.278. The lowest BCUT2D eigenvalue weighted by molar-refractivity contribution is 0.174. The Morgan fingerprint density at radius 3 is 2.93 bits per heavy atom. The van der Waals surface area contributed by atoms with E-state index in [1.807, 2.05) is 25.1 Å². The maximum Gasteiger partial charge on any atom is 0.275 e. The van der Waals surface area contributed by atoms with Gasteiger partial charge in [0.05, 0.1) is 15.9 Å². The number of quaternary nitrogens is 1. The molecule has 3 aromatic rings. The highest BCUT2D eigenvalue weighted by Gasteiger charge is 2.43. The van der Waals surface area contributed by atoms with Gasteiger partial charge in [0.2, 0.25) is 0 Å². The molecule has 4 aliphatic rings. The quantitative estimate of drug-likeness (QED) is 0.644. The Balaban J connectivity index is 1.66. The summed E-state index contributed by atoms with van der Waals surface area (Å²) in [5.74, 6) is 1.15. The van der Waals surface area contributed by atoms with E-state index in [4.69, 9.17) is 11.6 Å². The number of hydrogen-bond acceptors (Lipinski definition) is 8. The van der Waals surface area contributed by atoms with Crippen LogP contribution in [0.25, 0.3) is 11.2 Å². The minimum atomic E-state index is -0.467. The molecule has 2 N–H and O–H groups in total. The van der Waals surface area contributed by atoms with Crippen LogP contribution in [0.3, 0.4) is 0 Å². The number of hydrogen-bond donors (Lipinski definition) is 2. The third-order valence-electron chi connectivity index (χ3n) is 5.11. The van der Waals surface area contributed by atoms with Crippen molar-refractivity contribution in [2.45, 2.75) is 19.4 Å². The van der Waals surface area contributed by atoms with Crippen molar-refractivity contribution >= 4 is 40.1 Å². The van der Waals surface area contributed by atoms with Crippen molar-refractivity contribution in [3.63, 3.8) is 0 Å². The van der Waals surface area contributed by atoms with Gasteiger partial charge in [-0.2, -0.15) is 4.98 Å². The van der Waals surface area contributed by atoms with Crippen LogP contribution in [0.2, 0.25) is 5.02 Å². The third kappa shape index (κ3) is 2.75. The molecule has 28 heavy (non-hydrogen) atoms. The number of nitrogens with one attached hydrogen (secondary N) is 1. The van der Waals surface area contributed by atoms with Gasteiger partial charge in [0.15, 0.2) is 11.5 Å². The zero-order chi connectivity index (χ0) is 19.3. The molecule has 10 heteroatoms. The van der Waals surface area contributed by atoms with Crippen LogP contribution in [0.1, 0.15) is 12.0 Å². The number of aromatic nitrogens is 3. The largest absolute Gasteiger partial charge is 0.387 e. The van der Waals surface area contributed by atoms with Gasteiger partial charge in [0.25, 0.3) is 5.82 Å². The molecule has 4 bridgehead atoms. The molecule has 0 aliphatic carbocycles. The Labute approximate surface area is 165 Å². The molecule has 6 heterocycles. The van der Waals surface area contributed by atoms with Gasteiger partial charge in [-0.15, -0.1) is 9.71 Å². The number of aliphatic hydroxyl groups excluding tert-OH is 1. The molecule has 1 fully saturated rings. The summed E-state index contributed by atoms with van der Waals surface area (Å²) in [7, 11) is 0. The second-order valence-electron chi connectivity index (χ2n) is 7.05. The number of aliphatic hydroxyl groups is 1. The number of pyridine rings is 1. The van der Waals surface area contributed by atoms with E-state index < -0.39 is 6.10 Å². The highest BCUT2D eigenvalue weighted by atomic mass is 35.5. The van der Waals surface area contributed by atoms with Crippen molar-refractivity contribution in [3.8, 4) is 0 Å². The van der Waals surface area contributed by atoms with E-state index in [0.29, 0.717) is 47.3 Å². The summed E-state index contributed by atoms with van der Waals surface area (Å²) in [6.45, 7) is 2.94. The minimum absolute atomic E-state index is 0.0856. The molecule has 1 aromatic carbocycles. The van der Waals surface area contributed by atoms with Crippen LogP contribution in [0, 0.1) is 6.92 Å². The Kier molecular flexibility index (Phi) is 3.90. The van der Waals surface area contributed by atoms with E-state index in [9.17, 15) is 5.11 Å². The second-order valence-corrected chi connectivity index (χ2v) is 7.45. The predicted octanol–water partition coefficient (Wildman–Crippen LogP) is 3.19. The Morgan fingerprint density at radius 2 is 2.14 bits per heavy atom. The SMILES string of the molecule is Cc1cccc(Cl)c1NN1N=N[N+]2(CCC(O)C2)c2cnc3nc1ccc3n2. The van der Waals surface area contributed by atoms with Crippen molar-refractivity contribution in [1.82, 2.24) is 19.5 Å². The summed E-state index contributed by atoms with van der Waals surface area (Å²) in [4.78, 5) is 13.7. The van der Waals surface area contributed by atoms with Crippen molar-refractivity contribution < 1.29 is 5.11 Å². The molecular weight excluding hydrogens is 380 g/mol. The van der Waals surface area contributed by atoms with Gasteiger partial charge in [0, 0.05) is 11.6 Å². The molecule has 2 unspecified atom stereocenters. The van der Waals surface area contributed by atoms with Gasteiger partial charge in [-0.05, 0) is 30.7 Å². The van der Waals surface area contributed by atoms with Crippen LogP contribution in [-0.4, -0.2) is 39.3 Å². The lowest BCUT2D eigenvalue weighted by atomic mass is 10.2. The Bertz CT molecular complexity index is 1090. The molecule has 142 valence electrons. The van der Waals surface area contributed by atoms with Crippen LogP contribution in [0.15, 0.2) is 47.0 Å². The van der Waals surface area contributed by atoms with E-state index in [-0.39, 0.29) is 4.59 Å². The summed E-state index contributed by atoms with van der Waals surface area (Å²) in [5.41, 5.74) is 6.07. The second kappa shape index (κ2) is 6.33. The molecule has 0 saturated carbocycles. The lowest BCUT2D eigenvalue weighted by Crippen LogP contribution is -2.43. The average Bonchev–Trinajstić information content (AvgIpc) is 3.08. The number of hydrazine groups is 1. The summed E-state index contributed by atoms with van der Waals surface area (Å²) in [5, 5.41) is 21.2. The van der Waals surface area contributed by atoms with E-state index in [0.717, 1.165) is 11.3 Å². The maximum absolute atomic E-state index is 10.2. The molecule has 0 radical (unpaired) electrons. The van der Waals surface area contributed by atoms with E-state index in [2.05, 4.69) is 30.8 Å². The first-order chi connectivity index (χ1) is 13.5. The topological polar surface area (TPSA) is 98.9 Å². The van der Waals surface area contributed by atoms with Crippen molar-refractivity contribution in [2.24, 2.45) is 10.4 Å².